The lowest BCUT2D eigenvalue weighted by Gasteiger charge is -2.19. The Kier molecular flexibility index (Phi) is 8.26. The fourth-order valence-corrected chi connectivity index (χ4v) is 2.15. The van der Waals surface area contributed by atoms with Crippen LogP contribution in [0.25, 0.3) is 0 Å². The average Bonchev–Trinajstić information content (AvgIpc) is 2.43. The summed E-state index contributed by atoms with van der Waals surface area (Å²) >= 11 is 5.91. The third kappa shape index (κ3) is 6.89. The Morgan fingerprint density at radius 3 is 2.90 bits per heavy atom. The number of hydrogen-bond donors (Lipinski definition) is 2. The van der Waals surface area contributed by atoms with Crippen LogP contribution in [-0.4, -0.2) is 48.7 Å². The molecule has 0 aliphatic carbocycles. The van der Waals surface area contributed by atoms with Crippen molar-refractivity contribution in [1.29, 1.82) is 0 Å². The maximum absolute atomic E-state index is 11.8. The van der Waals surface area contributed by atoms with Gasteiger partial charge in [-0.1, -0.05) is 30.7 Å². The summed E-state index contributed by atoms with van der Waals surface area (Å²) in [6.45, 7) is 4.71. The second-order valence-electron chi connectivity index (χ2n) is 4.68. The van der Waals surface area contributed by atoms with Gasteiger partial charge < -0.3 is 10.4 Å². The molecule has 1 aromatic rings. The zero-order chi connectivity index (χ0) is 14.8. The number of benzene rings is 1. The minimum absolute atomic E-state index is 0.0202. The van der Waals surface area contributed by atoms with E-state index in [0.717, 1.165) is 30.1 Å². The molecule has 0 fully saturated rings. The molecule has 0 aromatic heterocycles. The fourth-order valence-electron chi connectivity index (χ4n) is 1.94. The maximum atomic E-state index is 11.8. The van der Waals surface area contributed by atoms with Gasteiger partial charge in [0.2, 0.25) is 5.91 Å². The first-order valence-electron chi connectivity index (χ1n) is 7.00. The number of rotatable bonds is 9. The predicted molar refractivity (Wildman–Crippen MR) is 82.0 cm³/mol. The Labute approximate surface area is 125 Å². The van der Waals surface area contributed by atoms with Gasteiger partial charge in [0.1, 0.15) is 0 Å². The smallest absolute Gasteiger partial charge is 0.234 e. The topological polar surface area (TPSA) is 52.6 Å². The number of nitrogens with one attached hydrogen (secondary N) is 1. The van der Waals surface area contributed by atoms with E-state index in [4.69, 9.17) is 16.7 Å². The van der Waals surface area contributed by atoms with E-state index in [9.17, 15) is 4.79 Å². The molecular weight excluding hydrogens is 276 g/mol. The largest absolute Gasteiger partial charge is 0.396 e. The standard InChI is InChI=1S/C15H23ClN2O2/c1-2-18(9-4-10-19)12-15(20)17-8-7-13-5-3-6-14(16)11-13/h3,5-6,11,19H,2,4,7-10,12H2,1H3,(H,17,20). The highest BCUT2D eigenvalue weighted by Crippen LogP contribution is 2.10. The second-order valence-corrected chi connectivity index (χ2v) is 5.11. The number of aliphatic hydroxyl groups excluding tert-OH is 1. The van der Waals surface area contributed by atoms with Gasteiger partial charge in [0, 0.05) is 24.7 Å². The molecule has 20 heavy (non-hydrogen) atoms. The highest BCUT2D eigenvalue weighted by molar-refractivity contribution is 6.30. The van der Waals surface area contributed by atoms with E-state index in [-0.39, 0.29) is 12.5 Å². The van der Waals surface area contributed by atoms with Crippen LogP contribution in [0.3, 0.4) is 0 Å². The Bertz CT molecular complexity index is 413. The summed E-state index contributed by atoms with van der Waals surface area (Å²) < 4.78 is 0. The summed E-state index contributed by atoms with van der Waals surface area (Å²) in [5.41, 5.74) is 1.12. The van der Waals surface area contributed by atoms with Crippen LogP contribution < -0.4 is 5.32 Å². The molecule has 0 heterocycles. The van der Waals surface area contributed by atoms with Crippen LogP contribution in [0, 0.1) is 0 Å². The van der Waals surface area contributed by atoms with Crippen LogP contribution in [0.1, 0.15) is 18.9 Å². The molecule has 0 aliphatic rings. The zero-order valence-electron chi connectivity index (χ0n) is 11.9. The average molecular weight is 299 g/mol. The molecule has 0 spiro atoms. The summed E-state index contributed by atoms with van der Waals surface area (Å²) in [5, 5.41) is 12.4. The van der Waals surface area contributed by atoms with Gasteiger partial charge in [-0.05, 0) is 37.1 Å². The molecule has 0 saturated heterocycles. The Morgan fingerprint density at radius 1 is 1.45 bits per heavy atom. The summed E-state index contributed by atoms with van der Waals surface area (Å²) in [6, 6.07) is 7.65. The van der Waals surface area contributed by atoms with Crippen LogP contribution in [0.2, 0.25) is 5.02 Å². The Balaban J connectivity index is 2.25. The van der Waals surface area contributed by atoms with Crippen LogP contribution >= 0.6 is 11.6 Å². The van der Waals surface area contributed by atoms with Crippen molar-refractivity contribution >= 4 is 17.5 Å². The van der Waals surface area contributed by atoms with Crippen LogP contribution in [-0.2, 0) is 11.2 Å². The minimum atomic E-state index is 0.0202. The predicted octanol–water partition coefficient (Wildman–Crippen LogP) is 1.70. The lowest BCUT2D eigenvalue weighted by atomic mass is 10.1. The van der Waals surface area contributed by atoms with E-state index in [1.807, 2.05) is 36.1 Å². The zero-order valence-corrected chi connectivity index (χ0v) is 12.7. The summed E-state index contributed by atoms with van der Waals surface area (Å²) in [4.78, 5) is 13.8. The van der Waals surface area contributed by atoms with Crippen molar-refractivity contribution in [3.05, 3.63) is 34.9 Å². The lowest BCUT2D eigenvalue weighted by Crippen LogP contribution is -2.38. The minimum Gasteiger partial charge on any atom is -0.396 e. The highest BCUT2D eigenvalue weighted by Gasteiger charge is 2.08. The van der Waals surface area contributed by atoms with Crippen LogP contribution in [0.5, 0.6) is 0 Å². The number of amides is 1. The molecule has 0 saturated carbocycles. The Morgan fingerprint density at radius 2 is 2.25 bits per heavy atom. The first-order valence-corrected chi connectivity index (χ1v) is 7.38. The molecule has 0 atom stereocenters. The number of nitrogens with zero attached hydrogens (tertiary/aromatic N) is 1. The highest BCUT2D eigenvalue weighted by atomic mass is 35.5. The van der Waals surface area contributed by atoms with E-state index < -0.39 is 0 Å². The van der Waals surface area contributed by atoms with Gasteiger partial charge in [0.05, 0.1) is 6.54 Å². The SMILES string of the molecule is CCN(CCCO)CC(=O)NCCc1cccc(Cl)c1. The van der Waals surface area contributed by atoms with Crippen LogP contribution in [0.4, 0.5) is 0 Å². The van der Waals surface area contributed by atoms with Gasteiger partial charge in [-0.2, -0.15) is 0 Å². The lowest BCUT2D eigenvalue weighted by molar-refractivity contribution is -0.122. The van der Waals surface area contributed by atoms with E-state index in [1.165, 1.54) is 0 Å². The van der Waals surface area contributed by atoms with Gasteiger partial charge in [-0.3, -0.25) is 9.69 Å². The van der Waals surface area contributed by atoms with E-state index in [2.05, 4.69) is 5.32 Å². The molecule has 0 radical (unpaired) electrons. The van der Waals surface area contributed by atoms with Gasteiger partial charge in [-0.15, -0.1) is 0 Å². The van der Waals surface area contributed by atoms with Crippen molar-refractivity contribution in [3.8, 4) is 0 Å². The molecule has 2 N–H and O–H groups in total. The van der Waals surface area contributed by atoms with Crippen molar-refractivity contribution in [2.45, 2.75) is 19.8 Å². The molecular formula is C15H23ClN2O2. The molecule has 112 valence electrons. The number of aliphatic hydroxyl groups is 1. The number of carbonyl (C=O) groups is 1. The van der Waals surface area contributed by atoms with Gasteiger partial charge in [0.25, 0.3) is 0 Å². The number of hydrogen-bond acceptors (Lipinski definition) is 3. The third-order valence-electron chi connectivity index (χ3n) is 3.07. The second kappa shape index (κ2) is 9.75. The molecule has 1 rings (SSSR count). The van der Waals surface area contributed by atoms with Crippen molar-refractivity contribution in [1.82, 2.24) is 10.2 Å². The third-order valence-corrected chi connectivity index (χ3v) is 3.31. The molecule has 5 heteroatoms. The quantitative estimate of drug-likeness (QED) is 0.730. The van der Waals surface area contributed by atoms with E-state index >= 15 is 0 Å². The molecule has 0 aliphatic heterocycles. The Hall–Kier alpha value is -1.10. The number of likely N-dealkylation sites (N-methyl/N-ethyl adjacent to an activating group) is 1. The fraction of sp³-hybridized carbons (Fsp3) is 0.533. The van der Waals surface area contributed by atoms with Crippen LogP contribution in [0.15, 0.2) is 24.3 Å². The normalized spacial score (nSPS) is 10.8. The maximum Gasteiger partial charge on any atom is 0.234 e. The molecule has 1 amide bonds. The summed E-state index contributed by atoms with van der Waals surface area (Å²) in [7, 11) is 0. The van der Waals surface area contributed by atoms with E-state index in [1.54, 1.807) is 0 Å². The first-order chi connectivity index (χ1) is 9.65. The molecule has 1 aromatic carbocycles. The monoisotopic (exact) mass is 298 g/mol. The number of halogens is 1. The summed E-state index contributed by atoms with van der Waals surface area (Å²) in [6.07, 6.45) is 1.47. The van der Waals surface area contributed by atoms with Gasteiger partial charge in [0.15, 0.2) is 0 Å². The molecule has 0 unspecified atom stereocenters. The number of carbonyl (C=O) groups excluding carboxylic acids is 1. The van der Waals surface area contributed by atoms with Crippen molar-refractivity contribution < 1.29 is 9.90 Å². The molecule has 0 bridgehead atoms. The van der Waals surface area contributed by atoms with Crippen molar-refractivity contribution in [2.24, 2.45) is 0 Å². The first kappa shape index (κ1) is 17.0. The van der Waals surface area contributed by atoms with Gasteiger partial charge >= 0.3 is 0 Å². The van der Waals surface area contributed by atoms with E-state index in [0.29, 0.717) is 19.5 Å². The molecule has 4 nitrogen and oxygen atoms in total. The van der Waals surface area contributed by atoms with Gasteiger partial charge in [-0.25, -0.2) is 0 Å². The van der Waals surface area contributed by atoms with Crippen molar-refractivity contribution in [3.63, 3.8) is 0 Å². The summed E-state index contributed by atoms with van der Waals surface area (Å²) in [5.74, 6) is 0.0202. The van der Waals surface area contributed by atoms with Crippen molar-refractivity contribution in [2.75, 3.05) is 32.8 Å².